The van der Waals surface area contributed by atoms with E-state index >= 15 is 0 Å². The van der Waals surface area contributed by atoms with Gasteiger partial charge in [0.25, 0.3) is 6.47 Å². The van der Waals surface area contributed by atoms with Crippen molar-refractivity contribution in [2.75, 3.05) is 6.61 Å². The molecule has 1 fully saturated rings. The standard InChI is InChI=1S/C11H20O3/c1-3-4-5-6-7-10(13-9-12)11(2)8-14-11/h9-10H,3-8H2,1-2H3. The van der Waals surface area contributed by atoms with Gasteiger partial charge in [-0.3, -0.25) is 4.79 Å². The van der Waals surface area contributed by atoms with Crippen LogP contribution in [0, 0.1) is 0 Å². The van der Waals surface area contributed by atoms with Crippen LogP contribution in [-0.4, -0.2) is 24.8 Å². The lowest BCUT2D eigenvalue weighted by Gasteiger charge is -2.18. The number of epoxide rings is 1. The summed E-state index contributed by atoms with van der Waals surface area (Å²) >= 11 is 0. The Hall–Kier alpha value is -0.570. The lowest BCUT2D eigenvalue weighted by Crippen LogP contribution is -2.29. The Morgan fingerprint density at radius 3 is 2.71 bits per heavy atom. The van der Waals surface area contributed by atoms with Crippen LogP contribution in [0.1, 0.15) is 46.0 Å². The van der Waals surface area contributed by atoms with Crippen LogP contribution in [0.5, 0.6) is 0 Å². The van der Waals surface area contributed by atoms with Crippen molar-refractivity contribution in [1.82, 2.24) is 0 Å². The van der Waals surface area contributed by atoms with Crippen LogP contribution in [0.2, 0.25) is 0 Å². The smallest absolute Gasteiger partial charge is 0.293 e. The van der Waals surface area contributed by atoms with Gasteiger partial charge < -0.3 is 9.47 Å². The average molecular weight is 200 g/mol. The van der Waals surface area contributed by atoms with E-state index in [9.17, 15) is 4.79 Å². The van der Waals surface area contributed by atoms with Gasteiger partial charge in [-0.2, -0.15) is 0 Å². The van der Waals surface area contributed by atoms with Gasteiger partial charge in [-0.15, -0.1) is 0 Å². The van der Waals surface area contributed by atoms with Gasteiger partial charge in [-0.05, 0) is 19.8 Å². The highest BCUT2D eigenvalue weighted by atomic mass is 16.6. The molecule has 1 aliphatic rings. The fraction of sp³-hybridized carbons (Fsp3) is 0.909. The predicted molar refractivity (Wildman–Crippen MR) is 54.1 cm³/mol. The molecule has 0 aliphatic carbocycles. The number of hydrogen-bond donors (Lipinski definition) is 0. The molecule has 2 unspecified atom stereocenters. The maximum absolute atomic E-state index is 10.3. The monoisotopic (exact) mass is 200 g/mol. The molecule has 14 heavy (non-hydrogen) atoms. The summed E-state index contributed by atoms with van der Waals surface area (Å²) in [4.78, 5) is 10.3. The number of carbonyl (C=O) groups is 1. The second-order valence-electron chi connectivity index (χ2n) is 4.17. The summed E-state index contributed by atoms with van der Waals surface area (Å²) in [5, 5.41) is 0. The molecule has 1 saturated heterocycles. The first kappa shape index (κ1) is 11.5. The van der Waals surface area contributed by atoms with Crippen molar-refractivity contribution < 1.29 is 14.3 Å². The lowest BCUT2D eigenvalue weighted by atomic mass is 9.99. The topological polar surface area (TPSA) is 38.8 Å². The summed E-state index contributed by atoms with van der Waals surface area (Å²) < 4.78 is 10.3. The number of carbonyl (C=O) groups excluding carboxylic acids is 1. The summed E-state index contributed by atoms with van der Waals surface area (Å²) in [7, 11) is 0. The van der Waals surface area contributed by atoms with E-state index in [1.54, 1.807) is 0 Å². The van der Waals surface area contributed by atoms with Crippen molar-refractivity contribution in [1.29, 1.82) is 0 Å². The summed E-state index contributed by atoms with van der Waals surface area (Å²) in [6.45, 7) is 5.45. The molecular formula is C11H20O3. The summed E-state index contributed by atoms with van der Waals surface area (Å²) in [5.74, 6) is 0. The van der Waals surface area contributed by atoms with Crippen LogP contribution >= 0.6 is 0 Å². The average Bonchev–Trinajstić information content (AvgIpc) is 2.90. The maximum atomic E-state index is 10.3. The molecule has 1 heterocycles. The molecule has 0 radical (unpaired) electrons. The van der Waals surface area contributed by atoms with Gasteiger partial charge in [0.15, 0.2) is 0 Å². The van der Waals surface area contributed by atoms with Gasteiger partial charge in [0, 0.05) is 0 Å². The van der Waals surface area contributed by atoms with E-state index in [-0.39, 0.29) is 11.7 Å². The van der Waals surface area contributed by atoms with Crippen molar-refractivity contribution in [2.24, 2.45) is 0 Å². The first-order valence-electron chi connectivity index (χ1n) is 5.46. The molecule has 0 aromatic carbocycles. The quantitative estimate of drug-likeness (QED) is 0.343. The van der Waals surface area contributed by atoms with E-state index in [0.29, 0.717) is 6.47 Å². The van der Waals surface area contributed by atoms with Crippen molar-refractivity contribution in [3.63, 3.8) is 0 Å². The summed E-state index contributed by atoms with van der Waals surface area (Å²) in [6.07, 6.45) is 5.70. The highest BCUT2D eigenvalue weighted by Gasteiger charge is 2.48. The Bertz CT molecular complexity index is 175. The Morgan fingerprint density at radius 1 is 1.50 bits per heavy atom. The third kappa shape index (κ3) is 3.29. The van der Waals surface area contributed by atoms with E-state index in [0.717, 1.165) is 19.4 Å². The normalized spacial score (nSPS) is 27.0. The minimum atomic E-state index is -0.187. The highest BCUT2D eigenvalue weighted by molar-refractivity contribution is 5.38. The SMILES string of the molecule is CCCCCCC(OC=O)C1(C)CO1. The molecule has 0 bridgehead atoms. The van der Waals surface area contributed by atoms with Crippen LogP contribution in [0.4, 0.5) is 0 Å². The Balaban J connectivity index is 2.19. The van der Waals surface area contributed by atoms with E-state index in [1.807, 2.05) is 6.92 Å². The van der Waals surface area contributed by atoms with Gasteiger partial charge in [-0.1, -0.05) is 26.2 Å². The molecule has 3 nitrogen and oxygen atoms in total. The van der Waals surface area contributed by atoms with Crippen LogP contribution < -0.4 is 0 Å². The zero-order valence-corrected chi connectivity index (χ0v) is 9.12. The lowest BCUT2D eigenvalue weighted by molar-refractivity contribution is -0.137. The molecule has 0 amide bonds. The number of hydrogen-bond acceptors (Lipinski definition) is 3. The first-order chi connectivity index (χ1) is 6.73. The Kier molecular flexibility index (Phi) is 4.39. The third-order valence-electron chi connectivity index (χ3n) is 2.82. The Labute approximate surface area is 85.8 Å². The van der Waals surface area contributed by atoms with Gasteiger partial charge in [0.05, 0.1) is 6.61 Å². The van der Waals surface area contributed by atoms with Crippen molar-refractivity contribution in [2.45, 2.75) is 57.7 Å². The van der Waals surface area contributed by atoms with Crippen molar-refractivity contribution in [3.05, 3.63) is 0 Å². The Morgan fingerprint density at radius 2 is 2.21 bits per heavy atom. The van der Waals surface area contributed by atoms with E-state index in [2.05, 4.69) is 6.92 Å². The van der Waals surface area contributed by atoms with Crippen LogP contribution in [-0.2, 0) is 14.3 Å². The number of rotatable bonds is 8. The fourth-order valence-corrected chi connectivity index (χ4v) is 1.64. The number of unbranched alkanes of at least 4 members (excludes halogenated alkanes) is 3. The molecule has 0 spiro atoms. The van der Waals surface area contributed by atoms with E-state index < -0.39 is 0 Å². The van der Waals surface area contributed by atoms with E-state index in [4.69, 9.17) is 9.47 Å². The first-order valence-corrected chi connectivity index (χ1v) is 5.46. The number of ether oxygens (including phenoxy) is 2. The van der Waals surface area contributed by atoms with Crippen LogP contribution in [0.25, 0.3) is 0 Å². The molecule has 0 aromatic heterocycles. The molecule has 0 N–H and O–H groups in total. The van der Waals surface area contributed by atoms with Crippen LogP contribution in [0.15, 0.2) is 0 Å². The zero-order valence-electron chi connectivity index (χ0n) is 9.12. The molecule has 3 heteroatoms. The largest absolute Gasteiger partial charge is 0.461 e. The second kappa shape index (κ2) is 5.35. The minimum absolute atomic E-state index is 0.0446. The van der Waals surface area contributed by atoms with Gasteiger partial charge >= 0.3 is 0 Å². The molecule has 0 saturated carbocycles. The van der Waals surface area contributed by atoms with Crippen molar-refractivity contribution >= 4 is 6.47 Å². The fourth-order valence-electron chi connectivity index (χ4n) is 1.64. The minimum Gasteiger partial charge on any atom is -0.461 e. The van der Waals surface area contributed by atoms with Gasteiger partial charge in [-0.25, -0.2) is 0 Å². The molecule has 1 rings (SSSR count). The van der Waals surface area contributed by atoms with Gasteiger partial charge in [0.2, 0.25) is 0 Å². The molecule has 82 valence electrons. The van der Waals surface area contributed by atoms with Gasteiger partial charge in [0.1, 0.15) is 11.7 Å². The maximum Gasteiger partial charge on any atom is 0.293 e. The molecular weight excluding hydrogens is 180 g/mol. The molecule has 0 aromatic rings. The predicted octanol–water partition coefficient (Wildman–Crippen LogP) is 2.29. The summed E-state index contributed by atoms with van der Waals surface area (Å²) in [6, 6.07) is 0. The van der Waals surface area contributed by atoms with E-state index in [1.165, 1.54) is 19.3 Å². The summed E-state index contributed by atoms with van der Waals surface area (Å²) in [5.41, 5.74) is -0.187. The highest BCUT2D eigenvalue weighted by Crippen LogP contribution is 2.34. The van der Waals surface area contributed by atoms with Crippen molar-refractivity contribution in [3.8, 4) is 0 Å². The third-order valence-corrected chi connectivity index (χ3v) is 2.82. The molecule has 2 atom stereocenters. The molecule has 1 aliphatic heterocycles. The second-order valence-corrected chi connectivity index (χ2v) is 4.17. The van der Waals surface area contributed by atoms with Crippen LogP contribution in [0.3, 0.4) is 0 Å². The zero-order chi connectivity index (χ0) is 10.4.